The van der Waals surface area contributed by atoms with Crippen LogP contribution in [-0.2, 0) is 4.74 Å². The molecule has 0 aliphatic rings. The van der Waals surface area contributed by atoms with Gasteiger partial charge in [-0.1, -0.05) is 12.1 Å². The number of fused-ring (bicyclic) bond motifs is 1. The predicted molar refractivity (Wildman–Crippen MR) is 66.9 cm³/mol. The monoisotopic (exact) mass is 247 g/mol. The highest BCUT2D eigenvalue weighted by atomic mass is 32.1. The van der Waals surface area contributed by atoms with Crippen molar-refractivity contribution in [1.29, 1.82) is 0 Å². The van der Waals surface area contributed by atoms with E-state index in [1.807, 2.05) is 12.1 Å². The number of para-hydroxylation sites is 1. The van der Waals surface area contributed by atoms with E-state index in [1.165, 1.54) is 0 Å². The van der Waals surface area contributed by atoms with Crippen molar-refractivity contribution < 1.29 is 13.9 Å². The van der Waals surface area contributed by atoms with E-state index in [0.29, 0.717) is 16.7 Å². The third-order valence-electron chi connectivity index (χ3n) is 2.19. The van der Waals surface area contributed by atoms with Crippen LogP contribution in [-0.4, -0.2) is 17.7 Å². The molecule has 86 valence electrons. The van der Waals surface area contributed by atoms with E-state index in [0.717, 1.165) is 0 Å². The first-order chi connectivity index (χ1) is 8.27. The quantitative estimate of drug-likeness (QED) is 0.474. The van der Waals surface area contributed by atoms with Gasteiger partial charge in [0, 0.05) is 5.39 Å². The molecule has 0 spiro atoms. The highest BCUT2D eigenvalue weighted by Crippen LogP contribution is 2.33. The number of rotatable bonds is 3. The fraction of sp³-hybridized carbons (Fsp3) is 0.167. The number of hydrogen-bond donors (Lipinski definition) is 0. The van der Waals surface area contributed by atoms with E-state index in [2.05, 4.69) is 22.4 Å². The van der Waals surface area contributed by atoms with Gasteiger partial charge < -0.3 is 9.15 Å². The minimum absolute atomic E-state index is 0.0606. The second kappa shape index (κ2) is 4.91. The van der Waals surface area contributed by atoms with Crippen LogP contribution >= 0.6 is 12.2 Å². The first-order valence-corrected chi connectivity index (χ1v) is 5.45. The number of carbonyl (C=O) groups is 1. The first-order valence-electron chi connectivity index (χ1n) is 5.04. The summed E-state index contributed by atoms with van der Waals surface area (Å²) in [7, 11) is 0. The molecule has 0 fully saturated rings. The topological polar surface area (TPSA) is 51.8 Å². The lowest BCUT2D eigenvalue weighted by Gasteiger charge is -1.97. The van der Waals surface area contributed by atoms with Gasteiger partial charge in [0.1, 0.15) is 11.3 Å². The normalized spacial score (nSPS) is 9.94. The van der Waals surface area contributed by atoms with Gasteiger partial charge in [0.15, 0.2) is 0 Å². The molecule has 0 aliphatic heterocycles. The molecular formula is C12H9NO3S. The number of esters is 1. The molecule has 0 saturated carbocycles. The number of benzene rings is 1. The van der Waals surface area contributed by atoms with Crippen LogP contribution in [0.25, 0.3) is 11.0 Å². The number of thiocarbonyl (C=S) groups is 1. The summed E-state index contributed by atoms with van der Waals surface area (Å²) in [6.45, 7) is 2.00. The molecule has 2 rings (SSSR count). The first kappa shape index (κ1) is 11.5. The number of aliphatic imine (C=N–C) groups is 1. The Morgan fingerprint density at radius 1 is 1.53 bits per heavy atom. The molecule has 0 saturated heterocycles. The molecule has 17 heavy (non-hydrogen) atoms. The molecule has 1 heterocycles. The summed E-state index contributed by atoms with van der Waals surface area (Å²) in [6, 6.07) is 7.19. The third kappa shape index (κ3) is 2.11. The standard InChI is InChI=1S/C12H9NO3S/c1-2-15-12(14)11-10(13-7-17)8-5-3-4-6-9(8)16-11/h3-6H,2H2,1H3. The van der Waals surface area contributed by atoms with E-state index in [9.17, 15) is 4.79 Å². The van der Waals surface area contributed by atoms with E-state index in [1.54, 1.807) is 19.1 Å². The van der Waals surface area contributed by atoms with Gasteiger partial charge in [-0.05, 0) is 31.3 Å². The molecule has 1 aromatic carbocycles. The molecule has 0 N–H and O–H groups in total. The van der Waals surface area contributed by atoms with Crippen LogP contribution in [0, 0.1) is 0 Å². The molecule has 1 aromatic heterocycles. The molecule has 0 amide bonds. The van der Waals surface area contributed by atoms with Gasteiger partial charge in [-0.3, -0.25) is 0 Å². The summed E-state index contributed by atoms with van der Waals surface area (Å²) < 4.78 is 10.3. The van der Waals surface area contributed by atoms with Gasteiger partial charge in [-0.25, -0.2) is 4.79 Å². The number of ether oxygens (including phenoxy) is 1. The Kier molecular flexibility index (Phi) is 3.32. The maximum Gasteiger partial charge on any atom is 0.376 e. The van der Waals surface area contributed by atoms with E-state index >= 15 is 0 Å². The molecule has 0 unspecified atom stereocenters. The maximum absolute atomic E-state index is 11.7. The number of carbonyl (C=O) groups excluding carboxylic acids is 1. The Labute approximate surface area is 103 Å². The van der Waals surface area contributed by atoms with E-state index in [4.69, 9.17) is 9.15 Å². The van der Waals surface area contributed by atoms with Gasteiger partial charge in [0.2, 0.25) is 5.76 Å². The summed E-state index contributed by atoms with van der Waals surface area (Å²) in [5, 5.41) is 2.96. The fourth-order valence-electron chi connectivity index (χ4n) is 1.52. The Bertz CT molecular complexity index is 611. The van der Waals surface area contributed by atoms with Crippen molar-refractivity contribution in [1.82, 2.24) is 0 Å². The van der Waals surface area contributed by atoms with Crippen molar-refractivity contribution in [3.8, 4) is 0 Å². The Balaban J connectivity index is 2.65. The zero-order chi connectivity index (χ0) is 12.3. The number of hydrogen-bond acceptors (Lipinski definition) is 5. The summed E-state index contributed by atoms with van der Waals surface area (Å²) in [4.78, 5) is 15.5. The molecule has 5 heteroatoms. The summed E-state index contributed by atoms with van der Waals surface area (Å²) in [5.41, 5.74) is 0.939. The lowest BCUT2D eigenvalue weighted by molar-refractivity contribution is 0.0494. The van der Waals surface area contributed by atoms with Gasteiger partial charge >= 0.3 is 5.97 Å². The lowest BCUT2D eigenvalue weighted by Crippen LogP contribution is -2.03. The van der Waals surface area contributed by atoms with Crippen LogP contribution in [0.5, 0.6) is 0 Å². The van der Waals surface area contributed by atoms with Gasteiger partial charge in [0.25, 0.3) is 0 Å². The smallest absolute Gasteiger partial charge is 0.376 e. The fourth-order valence-corrected chi connectivity index (χ4v) is 1.61. The number of nitrogens with zero attached hydrogens (tertiary/aromatic N) is 1. The zero-order valence-electron chi connectivity index (χ0n) is 9.10. The second-order valence-electron chi connectivity index (χ2n) is 3.20. The lowest BCUT2D eigenvalue weighted by atomic mass is 10.2. The number of isothiocyanates is 1. The molecule has 0 bridgehead atoms. The molecule has 2 aromatic rings. The number of furan rings is 1. The second-order valence-corrected chi connectivity index (χ2v) is 3.38. The van der Waals surface area contributed by atoms with Crippen molar-refractivity contribution >= 4 is 40.0 Å². The van der Waals surface area contributed by atoms with Crippen molar-refractivity contribution in [3.05, 3.63) is 30.0 Å². The Morgan fingerprint density at radius 2 is 2.29 bits per heavy atom. The highest BCUT2D eigenvalue weighted by molar-refractivity contribution is 7.78. The van der Waals surface area contributed by atoms with Crippen molar-refractivity contribution in [3.63, 3.8) is 0 Å². The zero-order valence-corrected chi connectivity index (χ0v) is 9.91. The molecule has 0 aliphatic carbocycles. The Morgan fingerprint density at radius 3 is 3.00 bits per heavy atom. The average Bonchev–Trinajstić information content (AvgIpc) is 2.70. The SMILES string of the molecule is CCOC(=O)c1oc2ccccc2c1N=C=S. The van der Waals surface area contributed by atoms with Crippen LogP contribution < -0.4 is 0 Å². The molecule has 4 nitrogen and oxygen atoms in total. The largest absolute Gasteiger partial charge is 0.460 e. The minimum Gasteiger partial charge on any atom is -0.460 e. The Hall–Kier alpha value is -1.97. The predicted octanol–water partition coefficient (Wildman–Crippen LogP) is 3.34. The van der Waals surface area contributed by atoms with E-state index in [-0.39, 0.29) is 12.4 Å². The van der Waals surface area contributed by atoms with Crippen molar-refractivity contribution in [2.75, 3.05) is 6.61 Å². The van der Waals surface area contributed by atoms with Gasteiger partial charge in [0.05, 0.1) is 11.8 Å². The van der Waals surface area contributed by atoms with Gasteiger partial charge in [-0.2, -0.15) is 4.99 Å². The summed E-state index contributed by atoms with van der Waals surface area (Å²) in [5.74, 6) is -0.488. The maximum atomic E-state index is 11.7. The van der Waals surface area contributed by atoms with Gasteiger partial charge in [-0.15, -0.1) is 0 Å². The third-order valence-corrected chi connectivity index (χ3v) is 2.28. The van der Waals surface area contributed by atoms with Crippen molar-refractivity contribution in [2.24, 2.45) is 4.99 Å². The molecule has 0 atom stereocenters. The van der Waals surface area contributed by atoms with Crippen LogP contribution in [0.3, 0.4) is 0 Å². The minimum atomic E-state index is -0.548. The molecular weight excluding hydrogens is 238 g/mol. The van der Waals surface area contributed by atoms with Crippen LogP contribution in [0.15, 0.2) is 33.7 Å². The molecule has 0 radical (unpaired) electrons. The average molecular weight is 247 g/mol. The van der Waals surface area contributed by atoms with Crippen LogP contribution in [0.2, 0.25) is 0 Å². The van der Waals surface area contributed by atoms with Crippen molar-refractivity contribution in [2.45, 2.75) is 6.92 Å². The highest BCUT2D eigenvalue weighted by Gasteiger charge is 2.21. The summed E-state index contributed by atoms with van der Waals surface area (Å²) >= 11 is 4.56. The summed E-state index contributed by atoms with van der Waals surface area (Å²) in [6.07, 6.45) is 0. The van der Waals surface area contributed by atoms with E-state index < -0.39 is 5.97 Å². The van der Waals surface area contributed by atoms with Crippen LogP contribution in [0.4, 0.5) is 5.69 Å². The van der Waals surface area contributed by atoms with Crippen LogP contribution in [0.1, 0.15) is 17.5 Å².